The highest BCUT2D eigenvalue weighted by atomic mass is 19.3. The van der Waals surface area contributed by atoms with Crippen LogP contribution in [0.2, 0.25) is 0 Å². The Morgan fingerprint density at radius 2 is 2.05 bits per heavy atom. The molecule has 0 saturated heterocycles. The predicted octanol–water partition coefficient (Wildman–Crippen LogP) is 5.09. The topological polar surface area (TPSA) is 87.0 Å². The zero-order valence-electron chi connectivity index (χ0n) is 21.6. The van der Waals surface area contributed by atoms with Crippen LogP contribution in [0.5, 0.6) is 11.5 Å². The first-order chi connectivity index (χ1) is 17.6. The molecule has 1 aromatic heterocycles. The Hall–Kier alpha value is -3.20. The van der Waals surface area contributed by atoms with Gasteiger partial charge in [0.05, 0.1) is 20.3 Å². The highest BCUT2D eigenvalue weighted by molar-refractivity contribution is 5.90. The number of ether oxygens (including phenoxy) is 3. The van der Waals surface area contributed by atoms with Gasteiger partial charge >= 0.3 is 12.6 Å². The molecule has 0 amide bonds. The molecule has 2 atom stereocenters. The molecule has 7 nitrogen and oxygen atoms in total. The van der Waals surface area contributed by atoms with E-state index in [1.54, 1.807) is 19.1 Å². The number of aliphatic hydroxyl groups excluding tert-OH is 1. The van der Waals surface area contributed by atoms with Gasteiger partial charge in [0.2, 0.25) is 0 Å². The van der Waals surface area contributed by atoms with E-state index in [1.165, 1.54) is 19.4 Å². The number of esters is 1. The lowest BCUT2D eigenvalue weighted by Crippen LogP contribution is -2.34. The van der Waals surface area contributed by atoms with Crippen molar-refractivity contribution in [2.24, 2.45) is 11.3 Å². The number of fused-ring (bicyclic) bond motifs is 5. The number of allylic oxidation sites excluding steroid dienone is 1. The molecule has 9 heteroatoms. The largest absolute Gasteiger partial charge is 0.493 e. The van der Waals surface area contributed by atoms with Crippen molar-refractivity contribution in [1.29, 1.82) is 0 Å². The van der Waals surface area contributed by atoms with Gasteiger partial charge in [-0.3, -0.25) is 4.79 Å². The van der Waals surface area contributed by atoms with Gasteiger partial charge in [0, 0.05) is 35.0 Å². The summed E-state index contributed by atoms with van der Waals surface area (Å²) < 4.78 is 44.0. The van der Waals surface area contributed by atoms with E-state index < -0.39 is 23.4 Å². The maximum atomic E-state index is 13.4. The number of alkyl halides is 2. The van der Waals surface area contributed by atoms with Crippen LogP contribution in [0.25, 0.3) is 11.6 Å². The van der Waals surface area contributed by atoms with E-state index in [0.717, 1.165) is 17.6 Å². The molecular formula is C28H33F2NO6. The molecule has 2 heterocycles. The lowest BCUT2D eigenvalue weighted by molar-refractivity contribution is -0.0514. The van der Waals surface area contributed by atoms with E-state index in [9.17, 15) is 23.5 Å². The summed E-state index contributed by atoms with van der Waals surface area (Å²) in [5, 5.41) is 10.3. The lowest BCUT2D eigenvalue weighted by Gasteiger charge is -2.36. The quantitative estimate of drug-likeness (QED) is 0.515. The second kappa shape index (κ2) is 10.7. The fourth-order valence-electron chi connectivity index (χ4n) is 5.41. The highest BCUT2D eigenvalue weighted by Gasteiger charge is 2.38. The fraction of sp³-hybridized carbons (Fsp3) is 0.500. The van der Waals surface area contributed by atoms with Crippen molar-refractivity contribution in [3.8, 4) is 11.5 Å². The number of carbonyl (C=O) groups excluding carboxylic acids is 1. The summed E-state index contributed by atoms with van der Waals surface area (Å²) in [5.41, 5.74) is 1.53. The summed E-state index contributed by atoms with van der Waals surface area (Å²) in [6, 6.07) is 4.66. The van der Waals surface area contributed by atoms with Crippen LogP contribution in [0.3, 0.4) is 0 Å². The number of aromatic nitrogens is 1. The number of carbonyl (C=O) groups is 1. The third-order valence-electron chi connectivity index (χ3n) is 7.43. The first-order valence-corrected chi connectivity index (χ1v) is 12.5. The van der Waals surface area contributed by atoms with Gasteiger partial charge in [-0.1, -0.05) is 19.9 Å². The molecule has 0 saturated carbocycles. The van der Waals surface area contributed by atoms with Gasteiger partial charge < -0.3 is 23.9 Å². The lowest BCUT2D eigenvalue weighted by atomic mass is 9.77. The minimum Gasteiger partial charge on any atom is -0.493 e. The first kappa shape index (κ1) is 26.9. The maximum Gasteiger partial charge on any atom is 0.387 e. The normalized spacial score (nSPS) is 19.1. The number of halogens is 2. The molecule has 2 aromatic rings. The Balaban J connectivity index is 2.00. The van der Waals surface area contributed by atoms with Crippen LogP contribution in [-0.4, -0.2) is 42.6 Å². The first-order valence-electron chi connectivity index (χ1n) is 12.5. The summed E-state index contributed by atoms with van der Waals surface area (Å²) in [5.74, 6) is -0.370. The smallest absolute Gasteiger partial charge is 0.387 e. The van der Waals surface area contributed by atoms with Crippen molar-refractivity contribution in [3.05, 3.63) is 57.0 Å². The van der Waals surface area contributed by atoms with Crippen LogP contribution in [0, 0.1) is 11.3 Å². The van der Waals surface area contributed by atoms with Crippen LogP contribution in [0.15, 0.2) is 29.2 Å². The number of rotatable bonds is 7. The van der Waals surface area contributed by atoms with Crippen LogP contribution in [0.1, 0.15) is 73.3 Å². The molecule has 37 heavy (non-hydrogen) atoms. The highest BCUT2D eigenvalue weighted by Crippen LogP contribution is 2.47. The third kappa shape index (κ3) is 5.28. The number of hydrogen-bond acceptors (Lipinski definition) is 6. The summed E-state index contributed by atoms with van der Waals surface area (Å²) in [7, 11) is 1.39. The van der Waals surface area contributed by atoms with E-state index >= 15 is 0 Å². The van der Waals surface area contributed by atoms with Crippen molar-refractivity contribution >= 4 is 17.6 Å². The number of nitrogens with zero attached hydrogens (tertiary/aromatic N) is 1. The summed E-state index contributed by atoms with van der Waals surface area (Å²) in [6.45, 7) is 2.55. The molecule has 2 unspecified atom stereocenters. The molecule has 2 bridgehead atoms. The number of methoxy groups -OCH3 is 1. The molecule has 1 aliphatic heterocycles. The molecule has 1 aliphatic carbocycles. The van der Waals surface area contributed by atoms with Crippen molar-refractivity contribution in [1.82, 2.24) is 4.57 Å². The van der Waals surface area contributed by atoms with Crippen LogP contribution in [0.4, 0.5) is 8.78 Å². The molecule has 1 N–H and O–H groups in total. The molecule has 2 aliphatic rings. The summed E-state index contributed by atoms with van der Waals surface area (Å²) in [4.78, 5) is 25.7. The van der Waals surface area contributed by atoms with Gasteiger partial charge in [-0.05, 0) is 61.8 Å². The molecule has 0 radical (unpaired) electrons. The zero-order chi connectivity index (χ0) is 26.9. The maximum absolute atomic E-state index is 13.4. The van der Waals surface area contributed by atoms with Crippen LogP contribution >= 0.6 is 0 Å². The third-order valence-corrected chi connectivity index (χ3v) is 7.43. The monoisotopic (exact) mass is 517 g/mol. The van der Waals surface area contributed by atoms with E-state index in [1.807, 2.05) is 24.5 Å². The van der Waals surface area contributed by atoms with Gasteiger partial charge in [-0.15, -0.1) is 0 Å². The molecular weight excluding hydrogens is 484 g/mol. The Kier molecular flexibility index (Phi) is 7.73. The molecule has 0 spiro atoms. The minimum absolute atomic E-state index is 0.0468. The SMILES string of the molecule is CCOC(=O)c1cn2c(cc1=O)C1=Cc3c(ccc(OC)c3OC(F)F)CCC(C1)CC2C(C)(C)CO. The van der Waals surface area contributed by atoms with E-state index in [0.29, 0.717) is 30.5 Å². The van der Waals surface area contributed by atoms with Crippen molar-refractivity contribution in [2.75, 3.05) is 20.3 Å². The summed E-state index contributed by atoms with van der Waals surface area (Å²) >= 11 is 0. The van der Waals surface area contributed by atoms with Gasteiger partial charge in [0.15, 0.2) is 16.9 Å². The van der Waals surface area contributed by atoms with Crippen molar-refractivity contribution < 1.29 is 32.9 Å². The Morgan fingerprint density at radius 3 is 2.70 bits per heavy atom. The summed E-state index contributed by atoms with van der Waals surface area (Å²) in [6.07, 6.45) is 6.03. The average Bonchev–Trinajstić information content (AvgIpc) is 3.00. The van der Waals surface area contributed by atoms with Gasteiger partial charge in [-0.2, -0.15) is 8.78 Å². The molecule has 200 valence electrons. The van der Waals surface area contributed by atoms with Gasteiger partial charge in [-0.25, -0.2) is 4.79 Å². The van der Waals surface area contributed by atoms with E-state index in [-0.39, 0.29) is 42.2 Å². The van der Waals surface area contributed by atoms with E-state index in [2.05, 4.69) is 0 Å². The Morgan fingerprint density at radius 1 is 1.30 bits per heavy atom. The number of pyridine rings is 1. The molecule has 4 rings (SSSR count). The van der Waals surface area contributed by atoms with Crippen molar-refractivity contribution in [2.45, 2.75) is 59.1 Å². The van der Waals surface area contributed by atoms with Crippen LogP contribution in [-0.2, 0) is 11.2 Å². The van der Waals surface area contributed by atoms with Crippen molar-refractivity contribution in [3.63, 3.8) is 0 Å². The number of aliphatic hydroxyl groups is 1. The Labute approximate surface area is 214 Å². The second-order valence-electron chi connectivity index (χ2n) is 10.3. The number of benzene rings is 1. The standard InChI is InChI=1S/C28H33F2NO6/c1-5-36-26(34)20-14-31-21(13-22(20)33)18-10-16(11-24(31)28(2,3)15-32)6-7-17-8-9-23(35-4)25(19(17)12-18)37-27(29)30/h8-9,12-14,16,24,27,32H,5-7,10-11,15H2,1-4H3. The number of aryl methyl sites for hydroxylation is 1. The fourth-order valence-corrected chi connectivity index (χ4v) is 5.41. The van der Waals surface area contributed by atoms with Crippen LogP contribution < -0.4 is 14.9 Å². The molecule has 1 aromatic carbocycles. The number of hydrogen-bond donors (Lipinski definition) is 1. The Bertz CT molecular complexity index is 1270. The van der Waals surface area contributed by atoms with E-state index in [4.69, 9.17) is 14.2 Å². The van der Waals surface area contributed by atoms with Gasteiger partial charge in [0.1, 0.15) is 5.56 Å². The predicted molar refractivity (Wildman–Crippen MR) is 135 cm³/mol. The molecule has 0 fully saturated rings. The second-order valence-corrected chi connectivity index (χ2v) is 10.3. The average molecular weight is 518 g/mol. The zero-order valence-corrected chi connectivity index (χ0v) is 21.6. The minimum atomic E-state index is -3.04. The van der Waals surface area contributed by atoms with Gasteiger partial charge in [0.25, 0.3) is 0 Å².